The number of sulfonamides is 1. The molecule has 0 heterocycles. The Labute approximate surface area is 165 Å². The summed E-state index contributed by atoms with van der Waals surface area (Å²) in [6.45, 7) is -0.580. The molecule has 0 saturated carbocycles. The summed E-state index contributed by atoms with van der Waals surface area (Å²) < 4.78 is 64.1. The largest absolute Gasteiger partial charge is 0.416 e. The van der Waals surface area contributed by atoms with Crippen molar-refractivity contribution in [3.8, 4) is 0 Å². The number of carbonyl (C=O) groups excluding carboxylic acids is 1. The van der Waals surface area contributed by atoms with Gasteiger partial charge in [-0.1, -0.05) is 42.5 Å². The van der Waals surface area contributed by atoms with E-state index in [-0.39, 0.29) is 5.69 Å². The molecule has 0 saturated heterocycles. The van der Waals surface area contributed by atoms with Crippen molar-refractivity contribution in [2.75, 3.05) is 22.4 Å². The van der Waals surface area contributed by atoms with Crippen molar-refractivity contribution in [2.45, 2.75) is 6.18 Å². The first-order chi connectivity index (χ1) is 13.6. The van der Waals surface area contributed by atoms with Gasteiger partial charge >= 0.3 is 6.18 Å². The third kappa shape index (κ3) is 4.86. The minimum atomic E-state index is -4.55. The number of benzene rings is 3. The van der Waals surface area contributed by atoms with Crippen LogP contribution in [0.1, 0.15) is 5.56 Å². The average Bonchev–Trinajstić information content (AvgIpc) is 2.64. The Morgan fingerprint density at radius 1 is 1.00 bits per heavy atom. The van der Waals surface area contributed by atoms with Crippen LogP contribution in [0.15, 0.2) is 66.7 Å². The Balaban J connectivity index is 1.90. The molecule has 0 aromatic heterocycles. The van der Waals surface area contributed by atoms with Gasteiger partial charge in [-0.05, 0) is 29.7 Å². The SMILES string of the molecule is CS(=O)(=O)N(CC(=O)Nc1cccc(C(F)(F)F)c1)c1cccc2ccccc12. The fourth-order valence-corrected chi connectivity index (χ4v) is 3.78. The molecule has 29 heavy (non-hydrogen) atoms. The van der Waals surface area contributed by atoms with Crippen LogP contribution in [0.3, 0.4) is 0 Å². The summed E-state index contributed by atoms with van der Waals surface area (Å²) in [5.41, 5.74) is -0.676. The van der Waals surface area contributed by atoms with E-state index in [1.165, 1.54) is 6.07 Å². The standard InChI is InChI=1S/C20H17F3N2O3S/c1-29(27,28)25(18-11-4-7-14-6-2-3-10-17(14)18)13-19(26)24-16-9-5-8-15(12-16)20(21,22)23/h2-12H,13H2,1H3,(H,24,26). The van der Waals surface area contributed by atoms with Crippen LogP contribution in [0, 0.1) is 0 Å². The molecule has 152 valence electrons. The van der Waals surface area contributed by atoms with E-state index in [9.17, 15) is 26.4 Å². The molecule has 3 aromatic rings. The summed E-state index contributed by atoms with van der Waals surface area (Å²) in [4.78, 5) is 12.4. The number of alkyl halides is 3. The van der Waals surface area contributed by atoms with Gasteiger partial charge < -0.3 is 5.32 Å². The lowest BCUT2D eigenvalue weighted by Gasteiger charge is -2.23. The molecule has 0 aliphatic carbocycles. The Kier molecular flexibility index (Phi) is 5.52. The van der Waals surface area contributed by atoms with Gasteiger partial charge in [0.15, 0.2) is 0 Å². The number of hydrogen-bond acceptors (Lipinski definition) is 3. The highest BCUT2D eigenvalue weighted by Crippen LogP contribution is 2.31. The third-order valence-corrected chi connectivity index (χ3v) is 5.32. The van der Waals surface area contributed by atoms with Crippen molar-refractivity contribution < 1.29 is 26.4 Å². The minimum Gasteiger partial charge on any atom is -0.325 e. The van der Waals surface area contributed by atoms with Gasteiger partial charge in [-0.25, -0.2) is 8.42 Å². The van der Waals surface area contributed by atoms with Crippen LogP contribution in [0.5, 0.6) is 0 Å². The van der Waals surface area contributed by atoms with Gasteiger partial charge in [0.2, 0.25) is 15.9 Å². The summed E-state index contributed by atoms with van der Waals surface area (Å²) in [5.74, 6) is -0.761. The first-order valence-electron chi connectivity index (χ1n) is 8.48. The van der Waals surface area contributed by atoms with Crippen molar-refractivity contribution in [3.05, 3.63) is 72.3 Å². The summed E-state index contributed by atoms with van der Waals surface area (Å²) >= 11 is 0. The molecule has 9 heteroatoms. The molecule has 0 radical (unpaired) electrons. The predicted molar refractivity (Wildman–Crippen MR) is 106 cm³/mol. The Morgan fingerprint density at radius 3 is 2.34 bits per heavy atom. The Hall–Kier alpha value is -3.07. The quantitative estimate of drug-likeness (QED) is 0.668. The molecule has 0 aliphatic heterocycles. The molecule has 1 N–H and O–H groups in total. The number of rotatable bonds is 5. The Bertz CT molecular complexity index is 1160. The molecular formula is C20H17F3N2O3S. The number of halogens is 3. The lowest BCUT2D eigenvalue weighted by molar-refractivity contribution is -0.137. The zero-order valence-electron chi connectivity index (χ0n) is 15.3. The number of amides is 1. The van der Waals surface area contributed by atoms with Gasteiger partial charge in [0.1, 0.15) is 6.54 Å². The maximum absolute atomic E-state index is 12.8. The maximum Gasteiger partial charge on any atom is 0.416 e. The first-order valence-corrected chi connectivity index (χ1v) is 10.3. The van der Waals surface area contributed by atoms with Crippen molar-refractivity contribution in [3.63, 3.8) is 0 Å². The highest BCUT2D eigenvalue weighted by Gasteiger charge is 2.30. The van der Waals surface area contributed by atoms with Gasteiger partial charge in [0, 0.05) is 11.1 Å². The highest BCUT2D eigenvalue weighted by atomic mass is 32.2. The molecule has 0 unspecified atom stereocenters. The van der Waals surface area contributed by atoms with Crippen LogP contribution in [0.4, 0.5) is 24.5 Å². The average molecular weight is 422 g/mol. The van der Waals surface area contributed by atoms with Crippen molar-refractivity contribution in [2.24, 2.45) is 0 Å². The fourth-order valence-electron chi connectivity index (χ4n) is 2.91. The van der Waals surface area contributed by atoms with E-state index in [2.05, 4.69) is 5.32 Å². The monoisotopic (exact) mass is 422 g/mol. The molecule has 3 rings (SSSR count). The number of nitrogens with one attached hydrogen (secondary N) is 1. The number of carbonyl (C=O) groups is 1. The van der Waals surface area contributed by atoms with Gasteiger partial charge in [-0.2, -0.15) is 13.2 Å². The molecule has 0 aliphatic rings. The number of fused-ring (bicyclic) bond motifs is 1. The van der Waals surface area contributed by atoms with E-state index in [1.54, 1.807) is 30.3 Å². The molecule has 3 aromatic carbocycles. The van der Waals surface area contributed by atoms with Crippen LogP contribution in [-0.4, -0.2) is 27.1 Å². The summed E-state index contributed by atoms with van der Waals surface area (Å²) in [6, 6.07) is 16.3. The number of hydrogen-bond donors (Lipinski definition) is 1. The molecule has 0 fully saturated rings. The smallest absolute Gasteiger partial charge is 0.325 e. The number of anilines is 2. The van der Waals surface area contributed by atoms with E-state index in [1.807, 2.05) is 12.1 Å². The van der Waals surface area contributed by atoms with E-state index in [0.29, 0.717) is 11.1 Å². The van der Waals surface area contributed by atoms with Crippen LogP contribution >= 0.6 is 0 Å². The fraction of sp³-hybridized carbons (Fsp3) is 0.150. The van der Waals surface area contributed by atoms with Gasteiger partial charge in [-0.3, -0.25) is 9.10 Å². The van der Waals surface area contributed by atoms with Crippen molar-refractivity contribution >= 4 is 38.1 Å². The second-order valence-electron chi connectivity index (χ2n) is 6.39. The van der Waals surface area contributed by atoms with Crippen molar-refractivity contribution in [1.82, 2.24) is 0 Å². The molecular weight excluding hydrogens is 405 g/mol. The Morgan fingerprint density at radius 2 is 1.66 bits per heavy atom. The van der Waals surface area contributed by atoms with E-state index < -0.39 is 34.2 Å². The zero-order chi connectivity index (χ0) is 21.2. The summed E-state index contributed by atoms with van der Waals surface area (Å²) in [7, 11) is -3.84. The second-order valence-corrected chi connectivity index (χ2v) is 8.30. The predicted octanol–water partition coefficient (Wildman–Crippen LogP) is 4.26. The minimum absolute atomic E-state index is 0.0730. The normalized spacial score (nSPS) is 12.0. The lowest BCUT2D eigenvalue weighted by atomic mass is 10.1. The van der Waals surface area contributed by atoms with Gasteiger partial charge in [0.05, 0.1) is 17.5 Å². The van der Waals surface area contributed by atoms with E-state index >= 15 is 0 Å². The van der Waals surface area contributed by atoms with E-state index in [0.717, 1.165) is 34.1 Å². The lowest BCUT2D eigenvalue weighted by Crippen LogP contribution is -2.37. The summed E-state index contributed by atoms with van der Waals surface area (Å²) in [6.07, 6.45) is -3.59. The molecule has 1 amide bonds. The molecule has 5 nitrogen and oxygen atoms in total. The topological polar surface area (TPSA) is 66.5 Å². The molecule has 0 spiro atoms. The summed E-state index contributed by atoms with van der Waals surface area (Å²) in [5, 5.41) is 3.75. The van der Waals surface area contributed by atoms with Gasteiger partial charge in [-0.15, -0.1) is 0 Å². The van der Waals surface area contributed by atoms with Crippen LogP contribution in [-0.2, 0) is 21.0 Å². The number of nitrogens with zero attached hydrogens (tertiary/aromatic N) is 1. The van der Waals surface area contributed by atoms with E-state index in [4.69, 9.17) is 0 Å². The third-order valence-electron chi connectivity index (χ3n) is 4.20. The second kappa shape index (κ2) is 7.75. The van der Waals surface area contributed by atoms with Gasteiger partial charge in [0.25, 0.3) is 0 Å². The molecule has 0 bridgehead atoms. The maximum atomic E-state index is 12.8. The zero-order valence-corrected chi connectivity index (χ0v) is 16.1. The highest BCUT2D eigenvalue weighted by molar-refractivity contribution is 7.92. The van der Waals surface area contributed by atoms with Crippen LogP contribution in [0.25, 0.3) is 10.8 Å². The van der Waals surface area contributed by atoms with Crippen molar-refractivity contribution in [1.29, 1.82) is 0 Å². The van der Waals surface area contributed by atoms with Crippen LogP contribution < -0.4 is 9.62 Å². The first kappa shape index (κ1) is 20.7. The molecule has 0 atom stereocenters. The van der Waals surface area contributed by atoms with Crippen LogP contribution in [0.2, 0.25) is 0 Å².